The van der Waals surface area contributed by atoms with Crippen LogP contribution in [0.2, 0.25) is 0 Å². The number of hydrogen-bond donors (Lipinski definition) is 2. The summed E-state index contributed by atoms with van der Waals surface area (Å²) in [7, 11) is 0. The molecule has 0 aromatic carbocycles. The van der Waals surface area contributed by atoms with Crippen molar-refractivity contribution in [3.8, 4) is 0 Å². The van der Waals surface area contributed by atoms with Gasteiger partial charge in [-0.25, -0.2) is 0 Å². The summed E-state index contributed by atoms with van der Waals surface area (Å²) in [6, 6.07) is 1.69. The Labute approximate surface area is 86.8 Å². The van der Waals surface area contributed by atoms with Gasteiger partial charge in [0.05, 0.1) is 0 Å². The van der Waals surface area contributed by atoms with E-state index in [0.29, 0.717) is 0 Å². The Balaban J connectivity index is 1.46. The van der Waals surface area contributed by atoms with Crippen LogP contribution in [0.25, 0.3) is 0 Å². The summed E-state index contributed by atoms with van der Waals surface area (Å²) in [5.74, 6) is 2.24. The third kappa shape index (κ3) is 1.96. The smallest absolute Gasteiger partial charge is 0.00822 e. The molecule has 0 bridgehead atoms. The number of fused-ring (bicyclic) bond motifs is 1. The first-order valence-corrected chi connectivity index (χ1v) is 6.38. The molecule has 3 unspecified atom stereocenters. The molecular formula is C12H22N2. The molecule has 2 aliphatic carbocycles. The maximum Gasteiger partial charge on any atom is 0.00822 e. The van der Waals surface area contributed by atoms with Crippen LogP contribution in [0.1, 0.15) is 38.5 Å². The molecule has 3 atom stereocenters. The van der Waals surface area contributed by atoms with Gasteiger partial charge in [-0.3, -0.25) is 0 Å². The van der Waals surface area contributed by atoms with Crippen molar-refractivity contribution in [2.75, 3.05) is 13.1 Å². The molecular weight excluding hydrogens is 172 g/mol. The molecule has 0 spiro atoms. The van der Waals surface area contributed by atoms with Crippen molar-refractivity contribution in [2.45, 2.75) is 50.6 Å². The van der Waals surface area contributed by atoms with Crippen molar-refractivity contribution in [2.24, 2.45) is 11.8 Å². The largest absolute Gasteiger partial charge is 0.317 e. The van der Waals surface area contributed by atoms with Crippen LogP contribution < -0.4 is 10.6 Å². The summed E-state index contributed by atoms with van der Waals surface area (Å²) >= 11 is 0. The molecule has 3 rings (SSSR count). The summed E-state index contributed by atoms with van der Waals surface area (Å²) in [6.45, 7) is 2.45. The summed E-state index contributed by atoms with van der Waals surface area (Å²) < 4.78 is 0. The molecule has 0 radical (unpaired) electrons. The maximum absolute atomic E-state index is 3.88. The highest BCUT2D eigenvalue weighted by Gasteiger charge is 2.45. The number of rotatable bonds is 2. The molecule has 2 saturated carbocycles. The van der Waals surface area contributed by atoms with Gasteiger partial charge in [-0.15, -0.1) is 0 Å². The van der Waals surface area contributed by atoms with Crippen LogP contribution in [0.3, 0.4) is 0 Å². The Morgan fingerprint density at radius 3 is 2.57 bits per heavy atom. The van der Waals surface area contributed by atoms with Crippen LogP contribution in [0.15, 0.2) is 0 Å². The van der Waals surface area contributed by atoms with E-state index in [0.717, 1.165) is 23.9 Å². The summed E-state index contributed by atoms with van der Waals surface area (Å²) in [6.07, 6.45) is 8.59. The molecule has 3 aliphatic rings. The SMILES string of the molecule is C1CNCCC(NC2CC3CC3C2)C1. The van der Waals surface area contributed by atoms with E-state index >= 15 is 0 Å². The van der Waals surface area contributed by atoms with Crippen molar-refractivity contribution in [1.82, 2.24) is 10.6 Å². The molecule has 1 aliphatic heterocycles. The van der Waals surface area contributed by atoms with Crippen LogP contribution in [-0.2, 0) is 0 Å². The normalized spacial score (nSPS) is 47.1. The molecule has 80 valence electrons. The molecule has 3 fully saturated rings. The average molecular weight is 194 g/mol. The Kier molecular flexibility index (Phi) is 2.50. The van der Waals surface area contributed by atoms with E-state index in [1.807, 2.05) is 0 Å². The van der Waals surface area contributed by atoms with Crippen molar-refractivity contribution in [3.63, 3.8) is 0 Å². The minimum Gasteiger partial charge on any atom is -0.317 e. The third-order valence-corrected chi connectivity index (χ3v) is 4.29. The van der Waals surface area contributed by atoms with Crippen LogP contribution in [0.5, 0.6) is 0 Å². The third-order valence-electron chi connectivity index (χ3n) is 4.29. The minimum absolute atomic E-state index is 0.812. The molecule has 2 nitrogen and oxygen atoms in total. The van der Waals surface area contributed by atoms with Crippen LogP contribution in [0, 0.1) is 11.8 Å². The second-order valence-corrected chi connectivity index (χ2v) is 5.47. The van der Waals surface area contributed by atoms with Gasteiger partial charge in [0.2, 0.25) is 0 Å². The number of hydrogen-bond acceptors (Lipinski definition) is 2. The van der Waals surface area contributed by atoms with Gasteiger partial charge in [-0.1, -0.05) is 0 Å². The first kappa shape index (κ1) is 9.17. The van der Waals surface area contributed by atoms with Gasteiger partial charge >= 0.3 is 0 Å². The van der Waals surface area contributed by atoms with E-state index in [1.54, 1.807) is 6.42 Å². The summed E-state index contributed by atoms with van der Waals surface area (Å²) in [5, 5.41) is 7.36. The molecule has 14 heavy (non-hydrogen) atoms. The van der Waals surface area contributed by atoms with E-state index in [-0.39, 0.29) is 0 Å². The fourth-order valence-corrected chi connectivity index (χ4v) is 3.37. The lowest BCUT2D eigenvalue weighted by Gasteiger charge is -2.22. The van der Waals surface area contributed by atoms with Crippen LogP contribution in [0.4, 0.5) is 0 Å². The molecule has 1 heterocycles. The Hall–Kier alpha value is -0.0800. The van der Waals surface area contributed by atoms with Crippen molar-refractivity contribution >= 4 is 0 Å². The summed E-state index contributed by atoms with van der Waals surface area (Å²) in [5.41, 5.74) is 0. The maximum atomic E-state index is 3.88. The first-order chi connectivity index (χ1) is 6.92. The van der Waals surface area contributed by atoms with Gasteiger partial charge in [0.25, 0.3) is 0 Å². The predicted molar refractivity (Wildman–Crippen MR) is 58.3 cm³/mol. The second-order valence-electron chi connectivity index (χ2n) is 5.47. The van der Waals surface area contributed by atoms with Gasteiger partial charge in [0.15, 0.2) is 0 Å². The highest BCUT2D eigenvalue weighted by atomic mass is 15.0. The quantitative estimate of drug-likeness (QED) is 0.696. The lowest BCUT2D eigenvalue weighted by atomic mass is 10.1. The molecule has 0 amide bonds. The summed E-state index contributed by atoms with van der Waals surface area (Å²) in [4.78, 5) is 0. The standard InChI is InChI=1S/C12H22N2/c1-2-11(3-5-13-4-1)14-12-7-9-6-10(9)8-12/h9-14H,1-8H2. The fraction of sp³-hybridized carbons (Fsp3) is 1.00. The first-order valence-electron chi connectivity index (χ1n) is 6.38. The van der Waals surface area contributed by atoms with Gasteiger partial charge in [-0.2, -0.15) is 0 Å². The Morgan fingerprint density at radius 2 is 1.71 bits per heavy atom. The monoisotopic (exact) mass is 194 g/mol. The van der Waals surface area contributed by atoms with E-state index < -0.39 is 0 Å². The highest BCUT2D eigenvalue weighted by Crippen LogP contribution is 2.51. The van der Waals surface area contributed by atoms with Gasteiger partial charge in [0, 0.05) is 12.1 Å². The lowest BCUT2D eigenvalue weighted by Crippen LogP contribution is -2.37. The van der Waals surface area contributed by atoms with E-state index in [4.69, 9.17) is 0 Å². The zero-order valence-corrected chi connectivity index (χ0v) is 8.97. The zero-order valence-electron chi connectivity index (χ0n) is 8.97. The topological polar surface area (TPSA) is 24.1 Å². The highest BCUT2D eigenvalue weighted by molar-refractivity contribution is 4.99. The molecule has 2 N–H and O–H groups in total. The minimum atomic E-state index is 0.812. The molecule has 1 saturated heterocycles. The predicted octanol–water partition coefficient (Wildman–Crippen LogP) is 1.52. The van der Waals surface area contributed by atoms with Crippen molar-refractivity contribution in [3.05, 3.63) is 0 Å². The van der Waals surface area contributed by atoms with Gasteiger partial charge in [-0.05, 0) is 63.5 Å². The molecule has 0 aromatic heterocycles. The van der Waals surface area contributed by atoms with E-state index in [2.05, 4.69) is 10.6 Å². The van der Waals surface area contributed by atoms with Gasteiger partial charge in [0.1, 0.15) is 0 Å². The van der Waals surface area contributed by atoms with Crippen molar-refractivity contribution < 1.29 is 0 Å². The van der Waals surface area contributed by atoms with Crippen LogP contribution in [-0.4, -0.2) is 25.2 Å². The Bertz CT molecular complexity index is 186. The Morgan fingerprint density at radius 1 is 0.857 bits per heavy atom. The van der Waals surface area contributed by atoms with Gasteiger partial charge < -0.3 is 10.6 Å². The zero-order chi connectivity index (χ0) is 9.38. The van der Waals surface area contributed by atoms with Crippen LogP contribution >= 0.6 is 0 Å². The molecule has 2 heteroatoms. The van der Waals surface area contributed by atoms with E-state index in [1.165, 1.54) is 45.2 Å². The average Bonchev–Trinajstić information content (AvgIpc) is 2.87. The fourth-order valence-electron chi connectivity index (χ4n) is 3.37. The lowest BCUT2D eigenvalue weighted by molar-refractivity contribution is 0.383. The second kappa shape index (κ2) is 3.82. The number of nitrogens with one attached hydrogen (secondary N) is 2. The van der Waals surface area contributed by atoms with Crippen molar-refractivity contribution in [1.29, 1.82) is 0 Å². The van der Waals surface area contributed by atoms with E-state index in [9.17, 15) is 0 Å². The molecule has 0 aromatic rings.